The van der Waals surface area contributed by atoms with E-state index in [1.807, 2.05) is 48.5 Å². The summed E-state index contributed by atoms with van der Waals surface area (Å²) in [5.41, 5.74) is 2.14. The van der Waals surface area contributed by atoms with Crippen LogP contribution in [0.2, 0.25) is 0 Å². The van der Waals surface area contributed by atoms with Crippen LogP contribution in [-0.4, -0.2) is 4.55 Å². The first-order valence-corrected chi connectivity index (χ1v) is 8.86. The molecule has 0 radical (unpaired) electrons. The molecule has 0 aliphatic carbocycles. The summed E-state index contributed by atoms with van der Waals surface area (Å²) < 4.78 is 12.7. The molecular formula is C14H12Br2OS. The molecule has 0 aliphatic rings. The van der Waals surface area contributed by atoms with E-state index in [2.05, 4.69) is 31.9 Å². The minimum atomic E-state index is -1.13. The fourth-order valence-electron chi connectivity index (χ4n) is 1.71. The Hall–Kier alpha value is -0.290. The van der Waals surface area contributed by atoms with Crippen LogP contribution in [0.15, 0.2) is 58.3 Å². The zero-order chi connectivity index (χ0) is 13.0. The highest BCUT2D eigenvalue weighted by Crippen LogP contribution is 2.28. The normalized spacial score (nSPS) is 10.9. The largest absolute Gasteiger partial charge is 0.606 e. The Morgan fingerprint density at radius 3 is 1.56 bits per heavy atom. The Bertz CT molecular complexity index is 483. The van der Waals surface area contributed by atoms with E-state index in [4.69, 9.17) is 0 Å². The fourth-order valence-corrected chi connectivity index (χ4v) is 4.46. The molecule has 0 bridgehead atoms. The van der Waals surface area contributed by atoms with Gasteiger partial charge in [0, 0.05) is 33.0 Å². The predicted octanol–water partition coefficient (Wildman–Crippen LogP) is 4.64. The molecule has 0 spiro atoms. The van der Waals surface area contributed by atoms with E-state index in [0.717, 1.165) is 20.9 Å². The Balaban J connectivity index is 2.44. The highest BCUT2D eigenvalue weighted by molar-refractivity contribution is 9.08. The van der Waals surface area contributed by atoms with Gasteiger partial charge in [0.1, 0.15) is 0 Å². The van der Waals surface area contributed by atoms with Gasteiger partial charge in [0.15, 0.2) is 9.79 Å². The molecule has 0 fully saturated rings. The minimum Gasteiger partial charge on any atom is -0.606 e. The molecule has 0 unspecified atom stereocenters. The van der Waals surface area contributed by atoms with Crippen LogP contribution in [0.25, 0.3) is 0 Å². The van der Waals surface area contributed by atoms with E-state index in [1.165, 1.54) is 0 Å². The SMILES string of the molecule is [O-][S+](c1ccccc1CBr)c1ccccc1CBr. The number of hydrogen-bond acceptors (Lipinski definition) is 1. The van der Waals surface area contributed by atoms with Gasteiger partial charge in [0.25, 0.3) is 0 Å². The molecule has 0 N–H and O–H groups in total. The highest BCUT2D eigenvalue weighted by Gasteiger charge is 2.20. The van der Waals surface area contributed by atoms with Gasteiger partial charge in [-0.2, -0.15) is 0 Å². The monoisotopic (exact) mass is 386 g/mol. The maximum Gasteiger partial charge on any atom is 0.162 e. The van der Waals surface area contributed by atoms with Crippen LogP contribution in [0.4, 0.5) is 0 Å². The summed E-state index contributed by atoms with van der Waals surface area (Å²) in [6.07, 6.45) is 0. The van der Waals surface area contributed by atoms with Crippen LogP contribution in [0.1, 0.15) is 11.1 Å². The first kappa shape index (κ1) is 14.1. The Kier molecular flexibility index (Phi) is 5.30. The van der Waals surface area contributed by atoms with E-state index in [1.54, 1.807) is 0 Å². The molecule has 0 saturated carbocycles. The minimum absolute atomic E-state index is 0.714. The smallest absolute Gasteiger partial charge is 0.162 e. The summed E-state index contributed by atoms with van der Waals surface area (Å²) in [5.74, 6) is 0. The van der Waals surface area contributed by atoms with Gasteiger partial charge in [-0.3, -0.25) is 0 Å². The Labute approximate surface area is 127 Å². The van der Waals surface area contributed by atoms with Crippen LogP contribution in [0.3, 0.4) is 0 Å². The van der Waals surface area contributed by atoms with E-state index in [9.17, 15) is 4.55 Å². The van der Waals surface area contributed by atoms with Gasteiger partial charge >= 0.3 is 0 Å². The van der Waals surface area contributed by atoms with Gasteiger partial charge in [-0.15, -0.1) is 0 Å². The molecule has 2 aromatic rings. The van der Waals surface area contributed by atoms with Gasteiger partial charge in [0.05, 0.1) is 0 Å². The number of halogens is 2. The third-order valence-corrected chi connectivity index (χ3v) is 5.44. The summed E-state index contributed by atoms with van der Waals surface area (Å²) in [6.45, 7) is 0. The van der Waals surface area contributed by atoms with Gasteiger partial charge in [-0.25, -0.2) is 0 Å². The lowest BCUT2D eigenvalue weighted by Gasteiger charge is -2.14. The second-order valence-corrected chi connectivity index (χ2v) is 6.29. The van der Waals surface area contributed by atoms with E-state index in [-0.39, 0.29) is 0 Å². The molecule has 2 rings (SSSR count). The lowest BCUT2D eigenvalue weighted by atomic mass is 10.2. The summed E-state index contributed by atoms with van der Waals surface area (Å²) in [5, 5.41) is 1.43. The summed E-state index contributed by atoms with van der Waals surface area (Å²) in [7, 11) is 0. The second-order valence-electron chi connectivity index (χ2n) is 3.75. The molecule has 0 saturated heterocycles. The molecule has 0 aliphatic heterocycles. The van der Waals surface area contributed by atoms with Crippen molar-refractivity contribution in [1.82, 2.24) is 0 Å². The molecular weight excluding hydrogens is 376 g/mol. The van der Waals surface area contributed by atoms with Crippen molar-refractivity contribution in [3.8, 4) is 0 Å². The molecule has 1 nitrogen and oxygen atoms in total. The van der Waals surface area contributed by atoms with Crippen LogP contribution in [-0.2, 0) is 21.8 Å². The topological polar surface area (TPSA) is 23.1 Å². The standard InChI is InChI=1S/C14H12Br2OS/c15-9-11-5-1-3-7-13(11)18(17)14-8-4-2-6-12(14)10-16/h1-8H,9-10H2. The lowest BCUT2D eigenvalue weighted by molar-refractivity contribution is 0.593. The lowest BCUT2D eigenvalue weighted by Crippen LogP contribution is -2.07. The molecule has 4 heteroatoms. The number of benzene rings is 2. The first-order chi connectivity index (χ1) is 8.77. The Morgan fingerprint density at radius 1 is 0.778 bits per heavy atom. The van der Waals surface area contributed by atoms with Crippen LogP contribution < -0.4 is 0 Å². The molecule has 18 heavy (non-hydrogen) atoms. The maximum absolute atomic E-state index is 12.7. The molecule has 0 aromatic heterocycles. The van der Waals surface area contributed by atoms with E-state index in [0.29, 0.717) is 10.7 Å². The molecule has 94 valence electrons. The van der Waals surface area contributed by atoms with Crippen molar-refractivity contribution in [2.24, 2.45) is 0 Å². The average Bonchev–Trinajstić information content (AvgIpc) is 2.46. The molecule has 0 atom stereocenters. The van der Waals surface area contributed by atoms with E-state index < -0.39 is 11.2 Å². The molecule has 0 heterocycles. The summed E-state index contributed by atoms with van der Waals surface area (Å²) in [6, 6.07) is 15.6. The van der Waals surface area contributed by atoms with Gasteiger partial charge < -0.3 is 4.55 Å². The van der Waals surface area contributed by atoms with Crippen LogP contribution in [0, 0.1) is 0 Å². The van der Waals surface area contributed by atoms with Crippen molar-refractivity contribution in [2.75, 3.05) is 0 Å². The molecule has 2 aromatic carbocycles. The fraction of sp³-hybridized carbons (Fsp3) is 0.143. The quantitative estimate of drug-likeness (QED) is 0.553. The van der Waals surface area contributed by atoms with Crippen LogP contribution in [0.5, 0.6) is 0 Å². The maximum atomic E-state index is 12.7. The number of hydrogen-bond donors (Lipinski definition) is 0. The summed E-state index contributed by atoms with van der Waals surface area (Å²) >= 11 is 5.75. The second kappa shape index (κ2) is 6.75. The van der Waals surface area contributed by atoms with Crippen LogP contribution >= 0.6 is 31.9 Å². The highest BCUT2D eigenvalue weighted by atomic mass is 79.9. The zero-order valence-corrected chi connectivity index (χ0v) is 13.6. The number of rotatable bonds is 4. The van der Waals surface area contributed by atoms with Crippen molar-refractivity contribution < 1.29 is 4.55 Å². The number of alkyl halides is 2. The molecule has 0 amide bonds. The van der Waals surface area contributed by atoms with Gasteiger partial charge in [-0.1, -0.05) is 68.3 Å². The Morgan fingerprint density at radius 2 is 1.17 bits per heavy atom. The van der Waals surface area contributed by atoms with Gasteiger partial charge in [-0.05, 0) is 12.1 Å². The third-order valence-electron chi connectivity index (χ3n) is 2.63. The van der Waals surface area contributed by atoms with Crippen molar-refractivity contribution in [2.45, 2.75) is 20.5 Å². The van der Waals surface area contributed by atoms with Gasteiger partial charge in [0.2, 0.25) is 0 Å². The van der Waals surface area contributed by atoms with Crippen molar-refractivity contribution >= 4 is 43.0 Å². The predicted molar refractivity (Wildman–Crippen MR) is 82.8 cm³/mol. The average molecular weight is 388 g/mol. The van der Waals surface area contributed by atoms with Crippen molar-refractivity contribution in [3.05, 3.63) is 59.7 Å². The summed E-state index contributed by atoms with van der Waals surface area (Å²) in [4.78, 5) is 1.76. The van der Waals surface area contributed by atoms with E-state index >= 15 is 0 Å². The third kappa shape index (κ3) is 2.99. The zero-order valence-electron chi connectivity index (χ0n) is 9.61. The van der Waals surface area contributed by atoms with Crippen molar-refractivity contribution in [3.63, 3.8) is 0 Å². The van der Waals surface area contributed by atoms with Crippen molar-refractivity contribution in [1.29, 1.82) is 0 Å². The first-order valence-electron chi connectivity index (χ1n) is 5.47.